The highest BCUT2D eigenvalue weighted by atomic mass is 35.5. The van der Waals surface area contributed by atoms with Crippen molar-refractivity contribution in [2.45, 2.75) is 18.9 Å². The van der Waals surface area contributed by atoms with Crippen molar-refractivity contribution in [2.24, 2.45) is 0 Å². The molecule has 1 aliphatic rings. The van der Waals surface area contributed by atoms with Crippen LogP contribution in [0.3, 0.4) is 0 Å². The summed E-state index contributed by atoms with van der Waals surface area (Å²) in [6, 6.07) is 5.72. The highest BCUT2D eigenvalue weighted by Gasteiger charge is 2.29. The molecule has 2 rings (SSSR count). The fourth-order valence-electron chi connectivity index (χ4n) is 2.38. The zero-order valence-corrected chi connectivity index (χ0v) is 13.0. The molecule has 1 fully saturated rings. The van der Waals surface area contributed by atoms with Crippen molar-refractivity contribution in [3.05, 3.63) is 33.8 Å². The van der Waals surface area contributed by atoms with Crippen molar-refractivity contribution < 1.29 is 4.79 Å². The Morgan fingerprint density at radius 2 is 2.16 bits per heavy atom. The molecule has 1 amide bonds. The van der Waals surface area contributed by atoms with Crippen LogP contribution in [0.25, 0.3) is 0 Å². The van der Waals surface area contributed by atoms with E-state index in [1.165, 1.54) is 0 Å². The van der Waals surface area contributed by atoms with Gasteiger partial charge in [-0.2, -0.15) is 0 Å². The monoisotopic (exact) mass is 322 g/mol. The number of carbonyl (C=O) groups excluding carboxylic acids is 1. The molecule has 0 saturated carbocycles. The molecule has 3 nitrogen and oxygen atoms in total. The zero-order valence-electron chi connectivity index (χ0n) is 10.7. The molecule has 0 spiro atoms. The third kappa shape index (κ3) is 3.76. The second kappa shape index (κ2) is 7.34. The van der Waals surface area contributed by atoms with Gasteiger partial charge < -0.3 is 10.2 Å². The lowest BCUT2D eigenvalue weighted by Gasteiger charge is -2.25. The summed E-state index contributed by atoms with van der Waals surface area (Å²) >= 11 is 11.9. The van der Waals surface area contributed by atoms with Crippen molar-refractivity contribution >= 4 is 41.5 Å². The van der Waals surface area contributed by atoms with Crippen molar-refractivity contribution in [3.63, 3.8) is 0 Å². The molecule has 1 aromatic rings. The van der Waals surface area contributed by atoms with Gasteiger partial charge in [-0.25, -0.2) is 0 Å². The van der Waals surface area contributed by atoms with Gasteiger partial charge in [-0.1, -0.05) is 29.3 Å². The fourth-order valence-corrected chi connectivity index (χ4v) is 2.69. The Hall–Kier alpha value is -0.480. The predicted octanol–water partition coefficient (Wildman–Crippen LogP) is 3.30. The second-order valence-corrected chi connectivity index (χ2v) is 5.26. The molecule has 19 heavy (non-hydrogen) atoms. The molecule has 106 valence electrons. The molecule has 1 N–H and O–H groups in total. The van der Waals surface area contributed by atoms with Gasteiger partial charge in [-0.3, -0.25) is 4.79 Å². The maximum atomic E-state index is 12.0. The number of hydrogen-bond acceptors (Lipinski definition) is 2. The number of carbonyl (C=O) groups is 1. The van der Waals surface area contributed by atoms with E-state index in [9.17, 15) is 4.79 Å². The van der Waals surface area contributed by atoms with E-state index in [0.717, 1.165) is 24.9 Å². The van der Waals surface area contributed by atoms with E-state index in [2.05, 4.69) is 5.32 Å². The Bertz CT molecular complexity index is 454. The second-order valence-electron chi connectivity index (χ2n) is 4.45. The molecule has 1 aromatic carbocycles. The van der Waals surface area contributed by atoms with Crippen LogP contribution in [0.1, 0.15) is 24.4 Å². The van der Waals surface area contributed by atoms with E-state index in [0.29, 0.717) is 16.6 Å². The summed E-state index contributed by atoms with van der Waals surface area (Å²) < 4.78 is 0. The lowest BCUT2D eigenvalue weighted by Crippen LogP contribution is -2.36. The van der Waals surface area contributed by atoms with Gasteiger partial charge in [0.15, 0.2) is 0 Å². The Labute approximate surface area is 129 Å². The molecule has 0 radical (unpaired) electrons. The van der Waals surface area contributed by atoms with Crippen LogP contribution in [0.15, 0.2) is 18.2 Å². The topological polar surface area (TPSA) is 32.3 Å². The smallest absolute Gasteiger partial charge is 0.237 e. The lowest BCUT2D eigenvalue weighted by molar-refractivity contribution is -0.131. The minimum Gasteiger partial charge on any atom is -0.335 e. The molecule has 1 atom stereocenters. The molecule has 0 aromatic heterocycles. The molecular formula is C13H17Cl3N2O. The lowest BCUT2D eigenvalue weighted by atomic mass is 10.0. The molecule has 6 heteroatoms. The largest absolute Gasteiger partial charge is 0.335 e. The average Bonchev–Trinajstić information content (AvgIpc) is 2.82. The van der Waals surface area contributed by atoms with E-state index >= 15 is 0 Å². The standard InChI is InChI=1S/C13H16Cl2N2O.ClH/c1-16-8-13(18)17-6-2-3-12(17)9-4-5-10(14)11(15)7-9;/h4-5,7,12,16H,2-3,6,8H2,1H3;1H. The number of rotatable bonds is 3. The van der Waals surface area contributed by atoms with E-state index in [-0.39, 0.29) is 24.4 Å². The molecule has 0 aliphatic carbocycles. The van der Waals surface area contributed by atoms with Crippen LogP contribution < -0.4 is 5.32 Å². The Kier molecular flexibility index (Phi) is 6.40. The van der Waals surface area contributed by atoms with Gasteiger partial charge in [-0.15, -0.1) is 12.4 Å². The van der Waals surface area contributed by atoms with Crippen molar-refractivity contribution in [3.8, 4) is 0 Å². The number of benzene rings is 1. The van der Waals surface area contributed by atoms with Crippen LogP contribution >= 0.6 is 35.6 Å². The summed E-state index contributed by atoms with van der Waals surface area (Å²) in [4.78, 5) is 13.9. The SMILES string of the molecule is CNCC(=O)N1CCCC1c1ccc(Cl)c(Cl)c1.Cl. The van der Waals surface area contributed by atoms with Gasteiger partial charge in [-0.05, 0) is 37.6 Å². The third-order valence-corrected chi connectivity index (χ3v) is 3.97. The van der Waals surface area contributed by atoms with Crippen molar-refractivity contribution in [1.29, 1.82) is 0 Å². The maximum Gasteiger partial charge on any atom is 0.237 e. The molecule has 1 saturated heterocycles. The molecular weight excluding hydrogens is 307 g/mol. The average molecular weight is 324 g/mol. The van der Waals surface area contributed by atoms with Crippen LogP contribution in [0.2, 0.25) is 10.0 Å². The van der Waals surface area contributed by atoms with Gasteiger partial charge in [0.05, 0.1) is 22.6 Å². The summed E-state index contributed by atoms with van der Waals surface area (Å²) in [7, 11) is 1.78. The van der Waals surface area contributed by atoms with Crippen LogP contribution in [-0.4, -0.2) is 30.9 Å². The maximum absolute atomic E-state index is 12.0. The third-order valence-electron chi connectivity index (χ3n) is 3.23. The molecule has 1 aliphatic heterocycles. The Morgan fingerprint density at radius 3 is 2.79 bits per heavy atom. The van der Waals surface area contributed by atoms with E-state index in [4.69, 9.17) is 23.2 Å². The number of halogens is 3. The van der Waals surface area contributed by atoms with E-state index in [1.807, 2.05) is 17.0 Å². The van der Waals surface area contributed by atoms with Crippen molar-refractivity contribution in [1.82, 2.24) is 10.2 Å². The predicted molar refractivity (Wildman–Crippen MR) is 81.3 cm³/mol. The van der Waals surface area contributed by atoms with Gasteiger partial charge in [0.25, 0.3) is 0 Å². The number of amides is 1. The number of nitrogens with zero attached hydrogens (tertiary/aromatic N) is 1. The quantitative estimate of drug-likeness (QED) is 0.925. The Morgan fingerprint density at radius 1 is 1.42 bits per heavy atom. The van der Waals surface area contributed by atoms with Gasteiger partial charge >= 0.3 is 0 Å². The number of hydrogen-bond donors (Lipinski definition) is 1. The van der Waals surface area contributed by atoms with Crippen LogP contribution in [0, 0.1) is 0 Å². The summed E-state index contributed by atoms with van der Waals surface area (Å²) in [5.41, 5.74) is 1.06. The number of nitrogens with one attached hydrogen (secondary N) is 1. The first-order valence-electron chi connectivity index (χ1n) is 6.02. The molecule has 1 unspecified atom stereocenters. The van der Waals surface area contributed by atoms with Gasteiger partial charge in [0.1, 0.15) is 0 Å². The van der Waals surface area contributed by atoms with Crippen LogP contribution in [0.5, 0.6) is 0 Å². The molecule has 0 bridgehead atoms. The van der Waals surface area contributed by atoms with E-state index in [1.54, 1.807) is 13.1 Å². The number of likely N-dealkylation sites (N-methyl/N-ethyl adjacent to an activating group) is 1. The first-order valence-corrected chi connectivity index (χ1v) is 6.78. The van der Waals surface area contributed by atoms with Gasteiger partial charge in [0, 0.05) is 6.54 Å². The van der Waals surface area contributed by atoms with E-state index < -0.39 is 0 Å². The molecule has 1 heterocycles. The fraction of sp³-hybridized carbons (Fsp3) is 0.462. The zero-order chi connectivity index (χ0) is 13.1. The first-order chi connectivity index (χ1) is 8.63. The Balaban J connectivity index is 0.00000180. The summed E-state index contributed by atoms with van der Waals surface area (Å²) in [5.74, 6) is 0.131. The summed E-state index contributed by atoms with van der Waals surface area (Å²) in [6.45, 7) is 1.18. The summed E-state index contributed by atoms with van der Waals surface area (Å²) in [5, 5.41) is 3.99. The highest BCUT2D eigenvalue weighted by molar-refractivity contribution is 6.42. The number of likely N-dealkylation sites (tertiary alicyclic amines) is 1. The highest BCUT2D eigenvalue weighted by Crippen LogP contribution is 2.34. The summed E-state index contributed by atoms with van der Waals surface area (Å²) in [6.07, 6.45) is 2.01. The normalized spacial score (nSPS) is 18.3. The minimum atomic E-state index is 0. The van der Waals surface area contributed by atoms with Crippen molar-refractivity contribution in [2.75, 3.05) is 20.1 Å². The van der Waals surface area contributed by atoms with Gasteiger partial charge in [0.2, 0.25) is 5.91 Å². The van der Waals surface area contributed by atoms with Crippen LogP contribution in [0.4, 0.5) is 0 Å². The van der Waals surface area contributed by atoms with Crippen LogP contribution in [-0.2, 0) is 4.79 Å². The minimum absolute atomic E-state index is 0. The first kappa shape index (κ1) is 16.6.